The molecule has 5 nitrogen and oxygen atoms in total. The molecular formula is C21H26ClN3O2. The number of piperidine rings is 1. The number of hydrogen-bond donors (Lipinski definition) is 0. The first kappa shape index (κ1) is 18.5. The number of benzene rings is 1. The third kappa shape index (κ3) is 4.52. The van der Waals surface area contributed by atoms with Crippen molar-refractivity contribution in [2.45, 2.75) is 57.3 Å². The number of likely N-dealkylation sites (tertiary alicyclic amines) is 1. The van der Waals surface area contributed by atoms with Gasteiger partial charge in [0, 0.05) is 30.1 Å². The highest BCUT2D eigenvalue weighted by Crippen LogP contribution is 2.31. The zero-order valence-corrected chi connectivity index (χ0v) is 16.3. The van der Waals surface area contributed by atoms with Gasteiger partial charge in [0.25, 0.3) is 0 Å². The summed E-state index contributed by atoms with van der Waals surface area (Å²) in [7, 11) is 0. The molecule has 2 fully saturated rings. The fourth-order valence-electron chi connectivity index (χ4n) is 4.31. The number of nitrogens with zero attached hydrogens (tertiary/aromatic N) is 3. The van der Waals surface area contributed by atoms with Crippen molar-refractivity contribution < 1.29 is 9.32 Å². The third-order valence-electron chi connectivity index (χ3n) is 5.91. The van der Waals surface area contributed by atoms with Gasteiger partial charge in [0.15, 0.2) is 0 Å². The zero-order valence-electron chi connectivity index (χ0n) is 15.6. The number of halogens is 1. The smallest absolute Gasteiger partial charge is 0.231 e. The molecule has 2 aromatic rings. The molecule has 1 saturated heterocycles. The predicted molar refractivity (Wildman–Crippen MR) is 104 cm³/mol. The second-order valence-corrected chi connectivity index (χ2v) is 8.27. The average Bonchev–Trinajstić information content (AvgIpc) is 3.39. The SMILES string of the molecule is O=C(CCC1CCCC1)N1CCC[C@H](c2nc(-c3ccc(Cl)cc3)no2)C1. The number of hydrogen-bond acceptors (Lipinski definition) is 4. The standard InChI is InChI=1S/C21H26ClN3O2/c22-18-10-8-16(9-11-18)20-23-21(27-24-20)17-6-3-13-25(14-17)19(26)12-7-15-4-1-2-5-15/h8-11,15,17H,1-7,12-14H2/t17-/m0/s1. The van der Waals surface area contributed by atoms with Gasteiger partial charge < -0.3 is 9.42 Å². The van der Waals surface area contributed by atoms with Gasteiger partial charge in [-0.05, 0) is 49.4 Å². The minimum Gasteiger partial charge on any atom is -0.342 e. The van der Waals surface area contributed by atoms with E-state index in [0.29, 0.717) is 29.7 Å². The van der Waals surface area contributed by atoms with Crippen molar-refractivity contribution in [3.05, 3.63) is 35.2 Å². The van der Waals surface area contributed by atoms with Crippen LogP contribution in [0.15, 0.2) is 28.8 Å². The highest BCUT2D eigenvalue weighted by Gasteiger charge is 2.29. The van der Waals surface area contributed by atoms with Crippen molar-refractivity contribution in [2.75, 3.05) is 13.1 Å². The number of carbonyl (C=O) groups excluding carboxylic acids is 1. The minimum absolute atomic E-state index is 0.128. The van der Waals surface area contributed by atoms with E-state index >= 15 is 0 Å². The van der Waals surface area contributed by atoms with Gasteiger partial charge in [0.05, 0.1) is 5.92 Å². The summed E-state index contributed by atoms with van der Waals surface area (Å²) in [6.45, 7) is 1.53. The maximum absolute atomic E-state index is 12.6. The summed E-state index contributed by atoms with van der Waals surface area (Å²) < 4.78 is 5.53. The van der Waals surface area contributed by atoms with E-state index in [0.717, 1.165) is 37.3 Å². The Balaban J connectivity index is 1.36. The van der Waals surface area contributed by atoms with E-state index in [-0.39, 0.29) is 11.8 Å². The first-order valence-electron chi connectivity index (χ1n) is 10.1. The third-order valence-corrected chi connectivity index (χ3v) is 6.16. The van der Waals surface area contributed by atoms with Crippen LogP contribution in [0.5, 0.6) is 0 Å². The van der Waals surface area contributed by atoms with Crippen LogP contribution < -0.4 is 0 Å². The van der Waals surface area contributed by atoms with Crippen molar-refractivity contribution in [1.82, 2.24) is 15.0 Å². The van der Waals surface area contributed by atoms with Crippen LogP contribution in [0.1, 0.15) is 63.2 Å². The molecule has 144 valence electrons. The van der Waals surface area contributed by atoms with Crippen LogP contribution in [-0.2, 0) is 4.79 Å². The maximum Gasteiger partial charge on any atom is 0.231 e. The van der Waals surface area contributed by atoms with Crippen molar-refractivity contribution in [2.24, 2.45) is 5.92 Å². The number of carbonyl (C=O) groups is 1. The van der Waals surface area contributed by atoms with Gasteiger partial charge in [-0.25, -0.2) is 0 Å². The maximum atomic E-state index is 12.6. The molecule has 0 unspecified atom stereocenters. The van der Waals surface area contributed by atoms with Crippen molar-refractivity contribution in [3.63, 3.8) is 0 Å². The first-order valence-corrected chi connectivity index (χ1v) is 10.4. The summed E-state index contributed by atoms with van der Waals surface area (Å²) >= 11 is 5.94. The van der Waals surface area contributed by atoms with Crippen molar-refractivity contribution >= 4 is 17.5 Å². The lowest BCUT2D eigenvalue weighted by atomic mass is 9.96. The molecule has 27 heavy (non-hydrogen) atoms. The van der Waals surface area contributed by atoms with E-state index in [4.69, 9.17) is 16.1 Å². The van der Waals surface area contributed by atoms with Crippen LogP contribution in [0.2, 0.25) is 5.02 Å². The molecule has 1 amide bonds. The molecule has 0 bridgehead atoms. The lowest BCUT2D eigenvalue weighted by Crippen LogP contribution is -2.39. The van der Waals surface area contributed by atoms with Gasteiger partial charge in [-0.2, -0.15) is 4.98 Å². The number of aromatic nitrogens is 2. The number of amides is 1. The first-order chi connectivity index (χ1) is 13.2. The van der Waals surface area contributed by atoms with Gasteiger partial charge in [-0.15, -0.1) is 0 Å². The largest absolute Gasteiger partial charge is 0.342 e. The van der Waals surface area contributed by atoms with E-state index < -0.39 is 0 Å². The topological polar surface area (TPSA) is 59.2 Å². The average molecular weight is 388 g/mol. The summed E-state index contributed by atoms with van der Waals surface area (Å²) in [5, 5.41) is 4.80. The van der Waals surface area contributed by atoms with Gasteiger partial charge in [0.2, 0.25) is 17.6 Å². The molecule has 0 spiro atoms. The van der Waals surface area contributed by atoms with E-state index in [1.165, 1.54) is 25.7 Å². The minimum atomic E-state index is 0.128. The molecule has 1 atom stereocenters. The Bertz CT molecular complexity index is 768. The van der Waals surface area contributed by atoms with Crippen LogP contribution >= 0.6 is 11.6 Å². The van der Waals surface area contributed by atoms with Crippen LogP contribution in [0, 0.1) is 5.92 Å². The van der Waals surface area contributed by atoms with Gasteiger partial charge in [0.1, 0.15) is 0 Å². The second-order valence-electron chi connectivity index (χ2n) is 7.83. The van der Waals surface area contributed by atoms with Gasteiger partial charge in [-0.3, -0.25) is 4.79 Å². The molecule has 0 N–H and O–H groups in total. The molecule has 1 aliphatic heterocycles. The van der Waals surface area contributed by atoms with Crippen molar-refractivity contribution in [3.8, 4) is 11.4 Å². The van der Waals surface area contributed by atoms with E-state index in [2.05, 4.69) is 10.1 Å². The van der Waals surface area contributed by atoms with Crippen LogP contribution in [0.4, 0.5) is 0 Å². The lowest BCUT2D eigenvalue weighted by Gasteiger charge is -2.31. The summed E-state index contributed by atoms with van der Waals surface area (Å²) in [5.41, 5.74) is 0.884. The molecule has 1 saturated carbocycles. The monoisotopic (exact) mass is 387 g/mol. The normalized spacial score (nSPS) is 20.9. The molecule has 6 heteroatoms. The highest BCUT2D eigenvalue weighted by atomic mass is 35.5. The van der Waals surface area contributed by atoms with E-state index in [1.54, 1.807) is 0 Å². The van der Waals surface area contributed by atoms with Crippen LogP contribution in [0.3, 0.4) is 0 Å². The summed E-state index contributed by atoms with van der Waals surface area (Å²) in [4.78, 5) is 19.2. The Morgan fingerprint density at radius 3 is 2.70 bits per heavy atom. The Kier molecular flexibility index (Phi) is 5.77. The van der Waals surface area contributed by atoms with Crippen molar-refractivity contribution in [1.29, 1.82) is 0 Å². The van der Waals surface area contributed by atoms with E-state index in [1.807, 2.05) is 29.2 Å². The molecular weight excluding hydrogens is 362 g/mol. The Labute approximate surface area is 165 Å². The van der Waals surface area contributed by atoms with Gasteiger partial charge >= 0.3 is 0 Å². The summed E-state index contributed by atoms with van der Waals surface area (Å²) in [6.07, 6.45) is 8.94. The molecule has 1 aromatic heterocycles. The highest BCUT2D eigenvalue weighted by molar-refractivity contribution is 6.30. The fourth-order valence-corrected chi connectivity index (χ4v) is 4.43. The Morgan fingerprint density at radius 2 is 1.93 bits per heavy atom. The summed E-state index contributed by atoms with van der Waals surface area (Å²) in [6, 6.07) is 7.41. The van der Waals surface area contributed by atoms with Gasteiger partial charge in [-0.1, -0.05) is 42.4 Å². The zero-order chi connectivity index (χ0) is 18.6. The fraction of sp³-hybridized carbons (Fsp3) is 0.571. The lowest BCUT2D eigenvalue weighted by molar-refractivity contribution is -0.132. The molecule has 2 heterocycles. The molecule has 0 radical (unpaired) electrons. The number of rotatable bonds is 5. The quantitative estimate of drug-likeness (QED) is 0.718. The predicted octanol–water partition coefficient (Wildman–Crippen LogP) is 5.07. The molecule has 4 rings (SSSR count). The molecule has 1 aliphatic carbocycles. The van der Waals surface area contributed by atoms with E-state index in [9.17, 15) is 4.79 Å². The van der Waals surface area contributed by atoms with Crippen LogP contribution in [-0.4, -0.2) is 34.0 Å². The molecule has 2 aliphatic rings. The summed E-state index contributed by atoms with van der Waals surface area (Å²) in [5.74, 6) is 2.37. The van der Waals surface area contributed by atoms with Crippen LogP contribution in [0.25, 0.3) is 11.4 Å². The second kappa shape index (κ2) is 8.42. The Morgan fingerprint density at radius 1 is 1.15 bits per heavy atom. The molecule has 1 aromatic carbocycles. The Hall–Kier alpha value is -1.88.